The SMILES string of the molecule is O=C(N[C@H](CO)Cc1c[nH]cn1)c1ccc2cnc(N[C@H]3CC[C@H](O)CC3)nc2c1. The minimum absolute atomic E-state index is 0.182. The predicted molar refractivity (Wildman–Crippen MR) is 112 cm³/mol. The van der Waals surface area contributed by atoms with Crippen LogP contribution in [0.5, 0.6) is 0 Å². The summed E-state index contributed by atoms with van der Waals surface area (Å²) in [5.74, 6) is 0.245. The van der Waals surface area contributed by atoms with Crippen molar-refractivity contribution in [3.63, 3.8) is 0 Å². The zero-order chi connectivity index (χ0) is 20.9. The van der Waals surface area contributed by atoms with Crippen molar-refractivity contribution < 1.29 is 15.0 Å². The van der Waals surface area contributed by atoms with Crippen LogP contribution in [0.2, 0.25) is 0 Å². The van der Waals surface area contributed by atoms with E-state index in [1.807, 2.05) is 6.07 Å². The smallest absolute Gasteiger partial charge is 0.251 e. The van der Waals surface area contributed by atoms with Gasteiger partial charge < -0.3 is 25.8 Å². The summed E-state index contributed by atoms with van der Waals surface area (Å²) in [6.45, 7) is -0.182. The van der Waals surface area contributed by atoms with E-state index in [0.717, 1.165) is 36.8 Å². The lowest BCUT2D eigenvalue weighted by molar-refractivity contribution is 0.0916. The third-order valence-electron chi connectivity index (χ3n) is 5.44. The molecule has 158 valence electrons. The standard InChI is InChI=1S/C21H26N6O3/c28-11-17(8-16-10-22-12-24-16)25-20(30)13-1-2-14-9-23-21(27-19(14)7-13)26-15-3-5-18(29)6-4-15/h1-2,7,9-10,12,15,17-18,28-29H,3-6,8,11H2,(H,22,24)(H,25,30)(H,23,26,27)/t15-,17-,18-/m0/s1. The van der Waals surface area contributed by atoms with Crippen molar-refractivity contribution in [1.82, 2.24) is 25.3 Å². The van der Waals surface area contributed by atoms with E-state index < -0.39 is 6.04 Å². The number of H-pyrrole nitrogens is 1. The molecular formula is C21H26N6O3. The first-order chi connectivity index (χ1) is 14.6. The lowest BCUT2D eigenvalue weighted by Crippen LogP contribution is -2.39. The molecule has 0 saturated heterocycles. The number of rotatable bonds is 7. The Morgan fingerprint density at radius 3 is 2.80 bits per heavy atom. The molecule has 0 spiro atoms. The van der Waals surface area contributed by atoms with Crippen molar-refractivity contribution >= 4 is 22.8 Å². The Morgan fingerprint density at radius 1 is 1.23 bits per heavy atom. The van der Waals surface area contributed by atoms with Crippen LogP contribution in [-0.2, 0) is 6.42 Å². The maximum Gasteiger partial charge on any atom is 0.251 e. The molecule has 30 heavy (non-hydrogen) atoms. The maximum absolute atomic E-state index is 12.7. The summed E-state index contributed by atoms with van der Waals surface area (Å²) in [6, 6.07) is 5.07. The van der Waals surface area contributed by atoms with Gasteiger partial charge >= 0.3 is 0 Å². The highest BCUT2D eigenvalue weighted by Gasteiger charge is 2.20. The average Bonchev–Trinajstić information content (AvgIpc) is 3.27. The fourth-order valence-electron chi connectivity index (χ4n) is 3.72. The maximum atomic E-state index is 12.7. The van der Waals surface area contributed by atoms with E-state index in [-0.39, 0.29) is 24.7 Å². The van der Waals surface area contributed by atoms with Gasteiger partial charge in [0.2, 0.25) is 5.95 Å². The van der Waals surface area contributed by atoms with Crippen molar-refractivity contribution in [3.8, 4) is 0 Å². The van der Waals surface area contributed by atoms with Gasteiger partial charge in [-0.2, -0.15) is 0 Å². The first-order valence-corrected chi connectivity index (χ1v) is 10.2. The number of aromatic amines is 1. The molecule has 2 aromatic heterocycles. The number of imidazole rings is 1. The van der Waals surface area contributed by atoms with Crippen LogP contribution in [-0.4, -0.2) is 60.9 Å². The number of aliphatic hydroxyl groups is 2. The number of aromatic nitrogens is 4. The Morgan fingerprint density at radius 2 is 2.07 bits per heavy atom. The summed E-state index contributed by atoms with van der Waals surface area (Å²) in [5, 5.41) is 26.3. The summed E-state index contributed by atoms with van der Waals surface area (Å²) in [5.41, 5.74) is 1.91. The second-order valence-corrected chi connectivity index (χ2v) is 7.73. The number of benzene rings is 1. The van der Waals surface area contributed by atoms with Gasteiger partial charge in [-0.25, -0.2) is 15.0 Å². The summed E-state index contributed by atoms with van der Waals surface area (Å²) in [6.07, 6.45) is 8.58. The molecule has 1 atom stereocenters. The van der Waals surface area contributed by atoms with Crippen LogP contribution in [0.15, 0.2) is 36.9 Å². The first-order valence-electron chi connectivity index (χ1n) is 10.2. The molecule has 1 aromatic carbocycles. The molecule has 1 aliphatic carbocycles. The van der Waals surface area contributed by atoms with Crippen LogP contribution in [0, 0.1) is 0 Å². The van der Waals surface area contributed by atoms with E-state index in [4.69, 9.17) is 0 Å². The van der Waals surface area contributed by atoms with Crippen molar-refractivity contribution in [2.45, 2.75) is 50.3 Å². The minimum atomic E-state index is -0.430. The molecule has 0 aliphatic heterocycles. The monoisotopic (exact) mass is 410 g/mol. The number of nitrogens with zero attached hydrogens (tertiary/aromatic N) is 3. The van der Waals surface area contributed by atoms with Crippen LogP contribution in [0.25, 0.3) is 10.9 Å². The number of anilines is 1. The second-order valence-electron chi connectivity index (χ2n) is 7.73. The number of carbonyl (C=O) groups excluding carboxylic acids is 1. The lowest BCUT2D eigenvalue weighted by atomic mass is 9.93. The quantitative estimate of drug-likeness (QED) is 0.397. The number of hydrogen-bond acceptors (Lipinski definition) is 7. The van der Waals surface area contributed by atoms with Crippen molar-refractivity contribution in [1.29, 1.82) is 0 Å². The molecule has 5 N–H and O–H groups in total. The van der Waals surface area contributed by atoms with Gasteiger partial charge in [0.1, 0.15) is 0 Å². The van der Waals surface area contributed by atoms with Gasteiger partial charge in [-0.3, -0.25) is 4.79 Å². The topological polar surface area (TPSA) is 136 Å². The molecule has 2 heterocycles. The van der Waals surface area contributed by atoms with Crippen molar-refractivity contribution in [2.75, 3.05) is 11.9 Å². The molecule has 0 radical (unpaired) electrons. The molecule has 1 fully saturated rings. The van der Waals surface area contributed by atoms with Gasteiger partial charge in [0.15, 0.2) is 0 Å². The largest absolute Gasteiger partial charge is 0.394 e. The molecule has 1 saturated carbocycles. The molecule has 0 bridgehead atoms. The highest BCUT2D eigenvalue weighted by molar-refractivity contribution is 5.98. The van der Waals surface area contributed by atoms with E-state index in [0.29, 0.717) is 23.4 Å². The molecule has 9 nitrogen and oxygen atoms in total. The Kier molecular flexibility index (Phi) is 6.20. The van der Waals surface area contributed by atoms with Crippen LogP contribution in [0.3, 0.4) is 0 Å². The minimum Gasteiger partial charge on any atom is -0.394 e. The van der Waals surface area contributed by atoms with Gasteiger partial charge in [-0.05, 0) is 37.8 Å². The number of carbonyl (C=O) groups is 1. The molecule has 9 heteroatoms. The molecule has 1 amide bonds. The molecular weight excluding hydrogens is 384 g/mol. The molecule has 4 rings (SSSR count). The third kappa shape index (κ3) is 4.92. The van der Waals surface area contributed by atoms with Crippen LogP contribution >= 0.6 is 0 Å². The first kappa shape index (κ1) is 20.2. The van der Waals surface area contributed by atoms with Crippen molar-refractivity contribution in [2.24, 2.45) is 0 Å². The van der Waals surface area contributed by atoms with E-state index in [1.165, 1.54) is 0 Å². The van der Waals surface area contributed by atoms with Gasteiger partial charge in [0.05, 0.1) is 36.3 Å². The van der Waals surface area contributed by atoms with E-state index in [2.05, 4.69) is 30.6 Å². The number of hydrogen-bond donors (Lipinski definition) is 5. The van der Waals surface area contributed by atoms with Gasteiger partial charge in [0, 0.05) is 35.8 Å². The predicted octanol–water partition coefficient (Wildman–Crippen LogP) is 1.40. The Hall–Kier alpha value is -3.04. The van der Waals surface area contributed by atoms with Crippen LogP contribution in [0.4, 0.5) is 5.95 Å². The number of fused-ring (bicyclic) bond motifs is 1. The van der Waals surface area contributed by atoms with Gasteiger partial charge in [-0.1, -0.05) is 6.07 Å². The van der Waals surface area contributed by atoms with Gasteiger partial charge in [0.25, 0.3) is 5.91 Å². The molecule has 0 unspecified atom stereocenters. The normalized spacial score (nSPS) is 20.1. The number of aliphatic hydroxyl groups excluding tert-OH is 2. The van der Waals surface area contributed by atoms with Gasteiger partial charge in [-0.15, -0.1) is 0 Å². The fourth-order valence-corrected chi connectivity index (χ4v) is 3.72. The number of amides is 1. The molecule has 1 aliphatic rings. The Bertz CT molecular complexity index is 986. The summed E-state index contributed by atoms with van der Waals surface area (Å²) >= 11 is 0. The highest BCUT2D eigenvalue weighted by atomic mass is 16.3. The third-order valence-corrected chi connectivity index (χ3v) is 5.44. The Balaban J connectivity index is 1.45. The zero-order valence-corrected chi connectivity index (χ0v) is 16.6. The highest BCUT2D eigenvalue weighted by Crippen LogP contribution is 2.22. The average molecular weight is 410 g/mol. The van der Waals surface area contributed by atoms with Crippen LogP contribution in [0.1, 0.15) is 41.7 Å². The summed E-state index contributed by atoms with van der Waals surface area (Å²) in [7, 11) is 0. The second kappa shape index (κ2) is 9.19. The van der Waals surface area contributed by atoms with E-state index in [1.54, 1.807) is 30.9 Å². The van der Waals surface area contributed by atoms with Crippen molar-refractivity contribution in [3.05, 3.63) is 48.2 Å². The van der Waals surface area contributed by atoms with Crippen LogP contribution < -0.4 is 10.6 Å². The zero-order valence-electron chi connectivity index (χ0n) is 16.6. The fraction of sp³-hybridized carbons (Fsp3) is 0.429. The molecule has 3 aromatic rings. The number of nitrogens with one attached hydrogen (secondary N) is 3. The Labute approximate surface area is 174 Å². The summed E-state index contributed by atoms with van der Waals surface area (Å²) in [4.78, 5) is 28.6. The van der Waals surface area contributed by atoms with E-state index >= 15 is 0 Å². The van der Waals surface area contributed by atoms with E-state index in [9.17, 15) is 15.0 Å². The summed E-state index contributed by atoms with van der Waals surface area (Å²) < 4.78 is 0. The lowest BCUT2D eigenvalue weighted by Gasteiger charge is -2.26.